The Morgan fingerprint density at radius 3 is 2.59 bits per heavy atom. The normalized spacial score (nSPS) is 10.9. The fourth-order valence-electron chi connectivity index (χ4n) is 3.26. The molecule has 0 saturated heterocycles. The number of nitrogens with zero attached hydrogens (tertiary/aromatic N) is 2. The molecule has 27 heavy (non-hydrogen) atoms. The lowest BCUT2D eigenvalue weighted by atomic mass is 9.99. The summed E-state index contributed by atoms with van der Waals surface area (Å²) >= 11 is 1.60. The molecule has 2 heterocycles. The molecule has 0 aliphatic carbocycles. The summed E-state index contributed by atoms with van der Waals surface area (Å²) in [7, 11) is 0. The highest BCUT2D eigenvalue weighted by Crippen LogP contribution is 2.25. The molecule has 2 aromatic carbocycles. The molecule has 5 heteroatoms. The van der Waals surface area contributed by atoms with Gasteiger partial charge in [0.2, 0.25) is 5.91 Å². The maximum Gasteiger partial charge on any atom is 0.228 e. The average molecular weight is 373 g/mol. The summed E-state index contributed by atoms with van der Waals surface area (Å²) in [6.45, 7) is 4.02. The number of hydrogen-bond donors (Lipinski definition) is 1. The third kappa shape index (κ3) is 3.59. The van der Waals surface area contributed by atoms with Gasteiger partial charge in [-0.15, -0.1) is 11.3 Å². The summed E-state index contributed by atoms with van der Waals surface area (Å²) in [6, 6.07) is 15.8. The van der Waals surface area contributed by atoms with Gasteiger partial charge in [0.25, 0.3) is 0 Å². The van der Waals surface area contributed by atoms with Gasteiger partial charge in [-0.2, -0.15) is 0 Å². The SMILES string of the molecule is Cc1nc2ccccc2c(C)c1CC(=O)Nc1ccc(-c2nccs2)cc1. The predicted octanol–water partition coefficient (Wildman–Crippen LogP) is 5.16. The molecule has 0 bridgehead atoms. The number of para-hydroxylation sites is 1. The zero-order valence-electron chi connectivity index (χ0n) is 15.2. The molecule has 0 spiro atoms. The van der Waals surface area contributed by atoms with Gasteiger partial charge in [-0.3, -0.25) is 9.78 Å². The van der Waals surface area contributed by atoms with Crippen molar-refractivity contribution in [3.8, 4) is 10.6 Å². The number of pyridine rings is 1. The molecule has 0 saturated carbocycles. The van der Waals surface area contributed by atoms with Gasteiger partial charge < -0.3 is 5.32 Å². The Balaban J connectivity index is 1.52. The molecule has 4 nitrogen and oxygen atoms in total. The summed E-state index contributed by atoms with van der Waals surface area (Å²) in [5, 5.41) is 7.00. The Labute approximate surface area is 161 Å². The van der Waals surface area contributed by atoms with Crippen molar-refractivity contribution >= 4 is 33.8 Å². The summed E-state index contributed by atoms with van der Waals surface area (Å²) in [5.74, 6) is -0.0414. The van der Waals surface area contributed by atoms with Crippen molar-refractivity contribution in [3.63, 3.8) is 0 Å². The molecule has 0 radical (unpaired) electrons. The van der Waals surface area contributed by atoms with Crippen molar-refractivity contribution in [2.75, 3.05) is 5.32 Å². The number of amides is 1. The molecule has 0 aliphatic rings. The monoisotopic (exact) mass is 373 g/mol. The second-order valence-electron chi connectivity index (χ2n) is 6.46. The minimum atomic E-state index is -0.0414. The van der Waals surface area contributed by atoms with E-state index in [1.54, 1.807) is 17.5 Å². The van der Waals surface area contributed by atoms with E-state index in [0.29, 0.717) is 6.42 Å². The maximum absolute atomic E-state index is 12.6. The Morgan fingerprint density at radius 1 is 1.07 bits per heavy atom. The fourth-order valence-corrected chi connectivity index (χ4v) is 3.90. The Hall–Kier alpha value is -3.05. The maximum atomic E-state index is 12.6. The van der Waals surface area contributed by atoms with Gasteiger partial charge in [-0.1, -0.05) is 18.2 Å². The number of carbonyl (C=O) groups is 1. The highest BCUT2D eigenvalue weighted by Gasteiger charge is 2.13. The number of nitrogens with one attached hydrogen (secondary N) is 1. The number of hydrogen-bond acceptors (Lipinski definition) is 4. The van der Waals surface area contributed by atoms with Crippen LogP contribution in [0, 0.1) is 13.8 Å². The molecule has 0 unspecified atom stereocenters. The van der Waals surface area contributed by atoms with Crippen molar-refractivity contribution in [1.82, 2.24) is 9.97 Å². The van der Waals surface area contributed by atoms with E-state index in [1.165, 1.54) is 0 Å². The number of aromatic nitrogens is 2. The van der Waals surface area contributed by atoms with Crippen LogP contribution in [0.4, 0.5) is 5.69 Å². The van der Waals surface area contributed by atoms with Crippen LogP contribution in [0.3, 0.4) is 0 Å². The second kappa shape index (κ2) is 7.29. The van der Waals surface area contributed by atoms with Crippen molar-refractivity contribution in [2.24, 2.45) is 0 Å². The molecule has 134 valence electrons. The Bertz CT molecular complexity index is 1100. The zero-order valence-corrected chi connectivity index (χ0v) is 16.0. The van der Waals surface area contributed by atoms with Gasteiger partial charge in [0.05, 0.1) is 11.9 Å². The van der Waals surface area contributed by atoms with Crippen LogP contribution in [0.15, 0.2) is 60.1 Å². The smallest absolute Gasteiger partial charge is 0.228 e. The van der Waals surface area contributed by atoms with Gasteiger partial charge in [-0.05, 0) is 55.3 Å². The van der Waals surface area contributed by atoms with Crippen LogP contribution in [-0.2, 0) is 11.2 Å². The highest BCUT2D eigenvalue weighted by molar-refractivity contribution is 7.13. The van der Waals surface area contributed by atoms with Crippen LogP contribution in [0.1, 0.15) is 16.8 Å². The summed E-state index contributed by atoms with van der Waals surface area (Å²) in [5.41, 5.74) is 5.81. The quantitative estimate of drug-likeness (QED) is 0.538. The first-order valence-corrected chi connectivity index (χ1v) is 9.64. The van der Waals surface area contributed by atoms with Gasteiger partial charge in [0.15, 0.2) is 0 Å². The number of benzene rings is 2. The molecule has 4 rings (SSSR count). The molecule has 0 atom stereocenters. The van der Waals surface area contributed by atoms with Crippen LogP contribution in [0.2, 0.25) is 0 Å². The van der Waals surface area contributed by atoms with Crippen LogP contribution >= 0.6 is 11.3 Å². The Morgan fingerprint density at radius 2 is 1.85 bits per heavy atom. The minimum Gasteiger partial charge on any atom is -0.326 e. The molecule has 1 N–H and O–H groups in total. The summed E-state index contributed by atoms with van der Waals surface area (Å²) < 4.78 is 0. The standard InChI is InChI=1S/C22H19N3OS/c1-14-18-5-3-4-6-20(18)24-15(2)19(14)13-21(26)25-17-9-7-16(8-10-17)22-23-11-12-27-22/h3-12H,13H2,1-2H3,(H,25,26). The molecule has 0 aliphatic heterocycles. The number of thiazole rings is 1. The van der Waals surface area contributed by atoms with E-state index in [1.807, 2.05) is 54.8 Å². The van der Waals surface area contributed by atoms with Crippen LogP contribution in [0.25, 0.3) is 21.5 Å². The Kier molecular flexibility index (Phi) is 4.69. The predicted molar refractivity (Wildman–Crippen MR) is 111 cm³/mol. The average Bonchev–Trinajstić information content (AvgIpc) is 3.20. The lowest BCUT2D eigenvalue weighted by Crippen LogP contribution is -2.16. The topological polar surface area (TPSA) is 54.9 Å². The van der Waals surface area contributed by atoms with E-state index >= 15 is 0 Å². The number of anilines is 1. The van der Waals surface area contributed by atoms with E-state index in [0.717, 1.165) is 44.0 Å². The van der Waals surface area contributed by atoms with Gasteiger partial charge in [0, 0.05) is 33.9 Å². The number of aryl methyl sites for hydroxylation is 2. The van der Waals surface area contributed by atoms with Gasteiger partial charge in [-0.25, -0.2) is 4.98 Å². The van der Waals surface area contributed by atoms with E-state index in [2.05, 4.69) is 28.3 Å². The summed E-state index contributed by atoms with van der Waals surface area (Å²) in [4.78, 5) is 21.5. The first-order chi connectivity index (χ1) is 13.1. The van der Waals surface area contributed by atoms with Crippen LogP contribution in [0.5, 0.6) is 0 Å². The molecule has 1 amide bonds. The van der Waals surface area contributed by atoms with E-state index < -0.39 is 0 Å². The largest absolute Gasteiger partial charge is 0.326 e. The summed E-state index contributed by atoms with van der Waals surface area (Å²) in [6.07, 6.45) is 2.10. The van der Waals surface area contributed by atoms with E-state index in [-0.39, 0.29) is 5.91 Å². The first-order valence-electron chi connectivity index (χ1n) is 8.76. The number of fused-ring (bicyclic) bond motifs is 1. The molecule has 0 fully saturated rings. The van der Waals surface area contributed by atoms with E-state index in [9.17, 15) is 4.79 Å². The third-order valence-corrected chi connectivity index (χ3v) is 5.49. The van der Waals surface area contributed by atoms with Crippen molar-refractivity contribution in [3.05, 3.63) is 76.9 Å². The molecule has 2 aromatic heterocycles. The lowest BCUT2D eigenvalue weighted by molar-refractivity contribution is -0.115. The van der Waals surface area contributed by atoms with E-state index in [4.69, 9.17) is 0 Å². The third-order valence-electron chi connectivity index (χ3n) is 4.67. The number of rotatable bonds is 4. The van der Waals surface area contributed by atoms with Crippen molar-refractivity contribution < 1.29 is 4.79 Å². The minimum absolute atomic E-state index is 0.0414. The van der Waals surface area contributed by atoms with Gasteiger partial charge >= 0.3 is 0 Å². The van der Waals surface area contributed by atoms with Crippen LogP contribution in [-0.4, -0.2) is 15.9 Å². The fraction of sp³-hybridized carbons (Fsp3) is 0.136. The van der Waals surface area contributed by atoms with Crippen molar-refractivity contribution in [2.45, 2.75) is 20.3 Å². The lowest BCUT2D eigenvalue weighted by Gasteiger charge is -2.13. The number of carbonyl (C=O) groups excluding carboxylic acids is 1. The second-order valence-corrected chi connectivity index (χ2v) is 7.35. The molecule has 4 aromatic rings. The first kappa shape index (κ1) is 17.4. The van der Waals surface area contributed by atoms with Gasteiger partial charge in [0.1, 0.15) is 5.01 Å². The zero-order chi connectivity index (χ0) is 18.8. The van der Waals surface area contributed by atoms with Crippen molar-refractivity contribution in [1.29, 1.82) is 0 Å². The van der Waals surface area contributed by atoms with Crippen LogP contribution < -0.4 is 5.32 Å². The molecular formula is C22H19N3OS. The molecular weight excluding hydrogens is 354 g/mol. The highest BCUT2D eigenvalue weighted by atomic mass is 32.1.